The number of carbonyl (C=O) groups is 1. The van der Waals surface area contributed by atoms with E-state index in [0.717, 1.165) is 17.7 Å². The van der Waals surface area contributed by atoms with Crippen molar-refractivity contribution in [3.8, 4) is 0 Å². The summed E-state index contributed by atoms with van der Waals surface area (Å²) in [5.74, 6) is -0.217. The van der Waals surface area contributed by atoms with Crippen LogP contribution in [-0.2, 0) is 9.53 Å². The topological polar surface area (TPSA) is 38.3 Å². The van der Waals surface area contributed by atoms with Crippen LogP contribution in [-0.4, -0.2) is 18.1 Å². The Bertz CT molecular complexity index is 440. The standard InChI is InChI=1S/C14H17NO2/c1-3-10(2)17-14(16)13-9-8-11-6-4-5-7-12(11)15-13/h4-10,13,15H,3H2,1-2H3. The van der Waals surface area contributed by atoms with Gasteiger partial charge in [0, 0.05) is 5.69 Å². The molecule has 2 unspecified atom stereocenters. The van der Waals surface area contributed by atoms with E-state index in [1.54, 1.807) is 0 Å². The van der Waals surface area contributed by atoms with Gasteiger partial charge in [-0.2, -0.15) is 0 Å². The van der Waals surface area contributed by atoms with E-state index in [1.807, 2.05) is 50.3 Å². The Balaban J connectivity index is 2.05. The van der Waals surface area contributed by atoms with Gasteiger partial charge in [0.2, 0.25) is 0 Å². The highest BCUT2D eigenvalue weighted by molar-refractivity contribution is 5.87. The first-order valence-electron chi connectivity index (χ1n) is 5.95. The van der Waals surface area contributed by atoms with Crippen molar-refractivity contribution in [3.63, 3.8) is 0 Å². The fraction of sp³-hybridized carbons (Fsp3) is 0.357. The van der Waals surface area contributed by atoms with Crippen molar-refractivity contribution >= 4 is 17.7 Å². The second-order valence-electron chi connectivity index (χ2n) is 4.22. The second-order valence-corrected chi connectivity index (χ2v) is 4.22. The van der Waals surface area contributed by atoms with Crippen LogP contribution in [0.3, 0.4) is 0 Å². The number of para-hydroxylation sites is 1. The molecule has 0 saturated heterocycles. The predicted molar refractivity (Wildman–Crippen MR) is 68.7 cm³/mol. The Morgan fingerprint density at radius 2 is 2.24 bits per heavy atom. The molecule has 17 heavy (non-hydrogen) atoms. The summed E-state index contributed by atoms with van der Waals surface area (Å²) in [5.41, 5.74) is 2.07. The maximum Gasteiger partial charge on any atom is 0.332 e. The fourth-order valence-electron chi connectivity index (χ4n) is 1.68. The average Bonchev–Trinajstić information content (AvgIpc) is 2.38. The van der Waals surface area contributed by atoms with Crippen molar-refractivity contribution < 1.29 is 9.53 Å². The van der Waals surface area contributed by atoms with Crippen LogP contribution in [0.2, 0.25) is 0 Å². The Morgan fingerprint density at radius 3 is 3.00 bits per heavy atom. The van der Waals surface area contributed by atoms with E-state index in [2.05, 4.69) is 5.32 Å². The van der Waals surface area contributed by atoms with E-state index >= 15 is 0 Å². The number of benzene rings is 1. The quantitative estimate of drug-likeness (QED) is 0.813. The van der Waals surface area contributed by atoms with Gasteiger partial charge in [-0.05, 0) is 25.0 Å². The Labute approximate surface area is 101 Å². The van der Waals surface area contributed by atoms with Gasteiger partial charge < -0.3 is 10.1 Å². The van der Waals surface area contributed by atoms with Gasteiger partial charge >= 0.3 is 5.97 Å². The molecule has 1 aromatic carbocycles. The first kappa shape index (κ1) is 11.7. The molecule has 0 saturated carbocycles. The lowest BCUT2D eigenvalue weighted by atomic mass is 10.1. The lowest BCUT2D eigenvalue weighted by Gasteiger charge is -2.22. The minimum atomic E-state index is -0.376. The van der Waals surface area contributed by atoms with Crippen LogP contribution >= 0.6 is 0 Å². The zero-order valence-corrected chi connectivity index (χ0v) is 10.1. The lowest BCUT2D eigenvalue weighted by Crippen LogP contribution is -2.33. The van der Waals surface area contributed by atoms with Gasteiger partial charge in [-0.15, -0.1) is 0 Å². The smallest absolute Gasteiger partial charge is 0.332 e. The SMILES string of the molecule is CCC(C)OC(=O)C1C=Cc2ccccc2N1. The molecule has 2 atom stereocenters. The van der Waals surface area contributed by atoms with Crippen molar-refractivity contribution in [2.75, 3.05) is 5.32 Å². The molecule has 1 N–H and O–H groups in total. The third kappa shape index (κ3) is 2.67. The monoisotopic (exact) mass is 231 g/mol. The van der Waals surface area contributed by atoms with Gasteiger partial charge in [0.25, 0.3) is 0 Å². The normalized spacial score (nSPS) is 19.1. The summed E-state index contributed by atoms with van der Waals surface area (Å²) in [6, 6.07) is 7.51. The first-order chi connectivity index (χ1) is 8.20. The Morgan fingerprint density at radius 1 is 1.47 bits per heavy atom. The summed E-state index contributed by atoms with van der Waals surface area (Å²) >= 11 is 0. The van der Waals surface area contributed by atoms with Crippen molar-refractivity contribution in [2.45, 2.75) is 32.4 Å². The first-order valence-corrected chi connectivity index (χ1v) is 5.95. The highest BCUT2D eigenvalue weighted by Gasteiger charge is 2.21. The largest absolute Gasteiger partial charge is 0.461 e. The molecule has 0 aliphatic carbocycles. The van der Waals surface area contributed by atoms with E-state index in [4.69, 9.17) is 4.74 Å². The van der Waals surface area contributed by atoms with E-state index in [-0.39, 0.29) is 18.1 Å². The van der Waals surface area contributed by atoms with Crippen LogP contribution in [0.25, 0.3) is 6.08 Å². The molecule has 2 rings (SSSR count). The third-order valence-electron chi connectivity index (χ3n) is 2.89. The van der Waals surface area contributed by atoms with Gasteiger partial charge in [0.05, 0.1) is 6.10 Å². The maximum absolute atomic E-state index is 11.8. The molecular formula is C14H17NO2. The minimum absolute atomic E-state index is 0.0325. The van der Waals surface area contributed by atoms with Crippen molar-refractivity contribution in [1.82, 2.24) is 0 Å². The van der Waals surface area contributed by atoms with Crippen LogP contribution in [0.4, 0.5) is 5.69 Å². The van der Waals surface area contributed by atoms with Gasteiger partial charge in [-0.25, -0.2) is 4.79 Å². The average molecular weight is 231 g/mol. The molecule has 3 heteroatoms. The molecule has 1 aromatic rings. The molecular weight excluding hydrogens is 214 g/mol. The molecule has 0 amide bonds. The van der Waals surface area contributed by atoms with Gasteiger partial charge in [-0.1, -0.05) is 37.3 Å². The van der Waals surface area contributed by atoms with Crippen LogP contribution in [0, 0.1) is 0 Å². The fourth-order valence-corrected chi connectivity index (χ4v) is 1.68. The maximum atomic E-state index is 11.8. The van der Waals surface area contributed by atoms with Crippen LogP contribution in [0.15, 0.2) is 30.3 Å². The lowest BCUT2D eigenvalue weighted by molar-refractivity contribution is -0.148. The highest BCUT2D eigenvalue weighted by atomic mass is 16.5. The summed E-state index contributed by atoms with van der Waals surface area (Å²) in [7, 11) is 0. The summed E-state index contributed by atoms with van der Waals surface area (Å²) in [5, 5.41) is 3.16. The highest BCUT2D eigenvalue weighted by Crippen LogP contribution is 2.22. The van der Waals surface area contributed by atoms with Gasteiger partial charge in [-0.3, -0.25) is 0 Å². The third-order valence-corrected chi connectivity index (χ3v) is 2.89. The number of fused-ring (bicyclic) bond motifs is 1. The number of rotatable bonds is 3. The number of esters is 1. The molecule has 3 nitrogen and oxygen atoms in total. The predicted octanol–water partition coefficient (Wildman–Crippen LogP) is 2.84. The van der Waals surface area contributed by atoms with E-state index in [0.29, 0.717) is 0 Å². The summed E-state index contributed by atoms with van der Waals surface area (Å²) in [6.45, 7) is 3.90. The summed E-state index contributed by atoms with van der Waals surface area (Å²) in [4.78, 5) is 11.8. The van der Waals surface area contributed by atoms with E-state index in [9.17, 15) is 4.79 Å². The van der Waals surface area contributed by atoms with Gasteiger partial charge in [0.15, 0.2) is 0 Å². The van der Waals surface area contributed by atoms with Crippen LogP contribution in [0.5, 0.6) is 0 Å². The Kier molecular flexibility index (Phi) is 3.47. The number of nitrogens with one attached hydrogen (secondary N) is 1. The molecule has 90 valence electrons. The second kappa shape index (κ2) is 5.04. The number of anilines is 1. The zero-order chi connectivity index (χ0) is 12.3. The Hall–Kier alpha value is -1.77. The molecule has 0 aromatic heterocycles. The minimum Gasteiger partial charge on any atom is -0.461 e. The molecule has 0 radical (unpaired) electrons. The number of carbonyl (C=O) groups excluding carboxylic acids is 1. The van der Waals surface area contributed by atoms with Crippen molar-refractivity contribution in [3.05, 3.63) is 35.9 Å². The number of hydrogen-bond donors (Lipinski definition) is 1. The molecule has 0 fully saturated rings. The molecule has 1 aliphatic rings. The summed E-state index contributed by atoms with van der Waals surface area (Å²) < 4.78 is 5.30. The van der Waals surface area contributed by atoms with Crippen LogP contribution in [0.1, 0.15) is 25.8 Å². The zero-order valence-electron chi connectivity index (χ0n) is 10.1. The van der Waals surface area contributed by atoms with E-state index < -0.39 is 0 Å². The molecule has 0 bridgehead atoms. The van der Waals surface area contributed by atoms with Gasteiger partial charge in [0.1, 0.15) is 6.04 Å². The van der Waals surface area contributed by atoms with Crippen LogP contribution < -0.4 is 5.32 Å². The van der Waals surface area contributed by atoms with Crippen molar-refractivity contribution in [1.29, 1.82) is 0 Å². The number of ether oxygens (including phenoxy) is 1. The number of hydrogen-bond acceptors (Lipinski definition) is 3. The molecule has 1 aliphatic heterocycles. The molecule has 1 heterocycles. The van der Waals surface area contributed by atoms with Crippen molar-refractivity contribution in [2.24, 2.45) is 0 Å². The van der Waals surface area contributed by atoms with E-state index in [1.165, 1.54) is 0 Å². The molecule has 0 spiro atoms. The summed E-state index contributed by atoms with van der Waals surface area (Å²) in [6.07, 6.45) is 4.59.